The zero-order valence-corrected chi connectivity index (χ0v) is 13.2. The Morgan fingerprint density at radius 3 is 2.38 bits per heavy atom. The SMILES string of the molecule is CC(C)(C)CC(C)(C)NC(=O)c1cccc(OC(F)F)c1. The standard InChI is InChI=1S/C16H23F2NO2/c1-15(2,3)10-16(4,5)19-13(20)11-7-6-8-12(9-11)21-14(17)18/h6-9,14H,10H2,1-5H3,(H,19,20). The van der Waals surface area contributed by atoms with Gasteiger partial charge in [-0.2, -0.15) is 8.78 Å². The van der Waals surface area contributed by atoms with Crippen molar-refractivity contribution in [2.45, 2.75) is 53.2 Å². The van der Waals surface area contributed by atoms with Crippen LogP contribution in [0.1, 0.15) is 51.4 Å². The van der Waals surface area contributed by atoms with Crippen LogP contribution in [-0.4, -0.2) is 18.1 Å². The van der Waals surface area contributed by atoms with Crippen molar-refractivity contribution >= 4 is 5.91 Å². The lowest BCUT2D eigenvalue weighted by Gasteiger charge is -2.33. The quantitative estimate of drug-likeness (QED) is 0.883. The lowest BCUT2D eigenvalue weighted by Crippen LogP contribution is -2.45. The number of benzene rings is 1. The molecule has 0 unspecified atom stereocenters. The van der Waals surface area contributed by atoms with Gasteiger partial charge in [0.25, 0.3) is 5.91 Å². The van der Waals surface area contributed by atoms with Crippen LogP contribution in [-0.2, 0) is 0 Å². The van der Waals surface area contributed by atoms with E-state index in [-0.39, 0.29) is 17.1 Å². The zero-order chi connectivity index (χ0) is 16.3. The van der Waals surface area contributed by atoms with E-state index in [1.54, 1.807) is 6.07 Å². The van der Waals surface area contributed by atoms with Crippen molar-refractivity contribution in [2.24, 2.45) is 5.41 Å². The molecule has 0 heterocycles. The molecule has 0 fully saturated rings. The first-order valence-electron chi connectivity index (χ1n) is 6.86. The molecule has 5 heteroatoms. The number of hydrogen-bond acceptors (Lipinski definition) is 2. The zero-order valence-electron chi connectivity index (χ0n) is 13.2. The molecule has 0 aliphatic rings. The monoisotopic (exact) mass is 299 g/mol. The van der Waals surface area contributed by atoms with Crippen molar-refractivity contribution in [2.75, 3.05) is 0 Å². The molecule has 0 spiro atoms. The van der Waals surface area contributed by atoms with Gasteiger partial charge in [0.2, 0.25) is 0 Å². The van der Waals surface area contributed by atoms with E-state index in [2.05, 4.69) is 30.8 Å². The van der Waals surface area contributed by atoms with Crippen molar-refractivity contribution in [3.63, 3.8) is 0 Å². The molecule has 0 atom stereocenters. The van der Waals surface area contributed by atoms with Crippen LogP contribution in [0.25, 0.3) is 0 Å². The number of hydrogen-bond donors (Lipinski definition) is 1. The number of rotatable bonds is 5. The van der Waals surface area contributed by atoms with Gasteiger partial charge >= 0.3 is 6.61 Å². The van der Waals surface area contributed by atoms with Crippen LogP contribution < -0.4 is 10.1 Å². The first-order chi connectivity index (χ1) is 9.48. The fourth-order valence-electron chi connectivity index (χ4n) is 2.56. The number of halogens is 2. The minimum Gasteiger partial charge on any atom is -0.435 e. The summed E-state index contributed by atoms with van der Waals surface area (Å²) in [4.78, 5) is 12.2. The second-order valence-electron chi connectivity index (χ2n) is 6.98. The Balaban J connectivity index is 2.80. The van der Waals surface area contributed by atoms with E-state index in [1.165, 1.54) is 18.2 Å². The highest BCUT2D eigenvalue weighted by Gasteiger charge is 2.27. The molecule has 0 saturated carbocycles. The van der Waals surface area contributed by atoms with Crippen LogP contribution in [0.3, 0.4) is 0 Å². The van der Waals surface area contributed by atoms with Gasteiger partial charge in [-0.3, -0.25) is 4.79 Å². The third kappa shape index (κ3) is 6.56. The predicted molar refractivity (Wildman–Crippen MR) is 78.7 cm³/mol. The third-order valence-corrected chi connectivity index (χ3v) is 2.75. The highest BCUT2D eigenvalue weighted by molar-refractivity contribution is 5.95. The van der Waals surface area contributed by atoms with Gasteiger partial charge in [0.15, 0.2) is 0 Å². The van der Waals surface area contributed by atoms with Crippen molar-refractivity contribution < 1.29 is 18.3 Å². The molecule has 1 amide bonds. The van der Waals surface area contributed by atoms with Crippen molar-refractivity contribution in [3.05, 3.63) is 29.8 Å². The van der Waals surface area contributed by atoms with Gasteiger partial charge in [0.05, 0.1) is 0 Å². The van der Waals surface area contributed by atoms with Crippen molar-refractivity contribution in [3.8, 4) is 5.75 Å². The van der Waals surface area contributed by atoms with Crippen LogP contribution >= 0.6 is 0 Å². The van der Waals surface area contributed by atoms with E-state index < -0.39 is 12.2 Å². The second-order valence-corrected chi connectivity index (χ2v) is 6.98. The second kappa shape index (κ2) is 6.41. The Hall–Kier alpha value is -1.65. The van der Waals surface area contributed by atoms with E-state index in [4.69, 9.17) is 0 Å². The number of amides is 1. The molecule has 1 aromatic rings. The highest BCUT2D eigenvalue weighted by atomic mass is 19.3. The molecule has 3 nitrogen and oxygen atoms in total. The molecule has 1 N–H and O–H groups in total. The lowest BCUT2D eigenvalue weighted by molar-refractivity contribution is -0.0498. The van der Waals surface area contributed by atoms with Gasteiger partial charge < -0.3 is 10.1 Å². The highest BCUT2D eigenvalue weighted by Crippen LogP contribution is 2.27. The molecule has 21 heavy (non-hydrogen) atoms. The van der Waals surface area contributed by atoms with Crippen LogP contribution in [0.2, 0.25) is 0 Å². The van der Waals surface area contributed by atoms with Gasteiger partial charge in [-0.05, 0) is 43.9 Å². The molecule has 0 saturated heterocycles. The van der Waals surface area contributed by atoms with E-state index in [9.17, 15) is 13.6 Å². The third-order valence-electron chi connectivity index (χ3n) is 2.75. The Morgan fingerprint density at radius 1 is 1.24 bits per heavy atom. The van der Waals surface area contributed by atoms with Gasteiger partial charge in [-0.1, -0.05) is 26.8 Å². The molecule has 118 valence electrons. The smallest absolute Gasteiger partial charge is 0.387 e. The first-order valence-corrected chi connectivity index (χ1v) is 6.86. The van der Waals surface area contributed by atoms with E-state index >= 15 is 0 Å². The molecule has 0 bridgehead atoms. The summed E-state index contributed by atoms with van der Waals surface area (Å²) in [6, 6.07) is 5.79. The summed E-state index contributed by atoms with van der Waals surface area (Å²) in [6.45, 7) is 7.26. The number of nitrogens with one attached hydrogen (secondary N) is 1. The lowest BCUT2D eigenvalue weighted by atomic mass is 9.81. The molecular formula is C16H23F2NO2. The van der Waals surface area contributed by atoms with Crippen LogP contribution in [0.5, 0.6) is 5.75 Å². The maximum absolute atomic E-state index is 12.2. The minimum atomic E-state index is -2.90. The van der Waals surface area contributed by atoms with E-state index in [0.29, 0.717) is 5.56 Å². The molecule has 0 aromatic heterocycles. The van der Waals surface area contributed by atoms with Gasteiger partial charge in [-0.15, -0.1) is 0 Å². The Kier molecular flexibility index (Phi) is 5.31. The van der Waals surface area contributed by atoms with Gasteiger partial charge in [-0.25, -0.2) is 0 Å². The van der Waals surface area contributed by atoms with Crippen LogP contribution in [0, 0.1) is 5.41 Å². The van der Waals surface area contributed by atoms with Gasteiger partial charge in [0.1, 0.15) is 5.75 Å². The largest absolute Gasteiger partial charge is 0.435 e. The number of carbonyl (C=O) groups excluding carboxylic acids is 1. The molecule has 1 aromatic carbocycles. The average Bonchev–Trinajstić information content (AvgIpc) is 2.24. The molecule has 1 rings (SSSR count). The number of ether oxygens (including phenoxy) is 1. The summed E-state index contributed by atoms with van der Waals surface area (Å²) in [5.74, 6) is -0.324. The summed E-state index contributed by atoms with van der Waals surface area (Å²) >= 11 is 0. The minimum absolute atomic E-state index is 0.0220. The summed E-state index contributed by atoms with van der Waals surface area (Å²) in [6.07, 6.45) is 0.791. The normalized spacial score (nSPS) is 12.4. The Bertz CT molecular complexity index is 493. The average molecular weight is 299 g/mol. The number of carbonyl (C=O) groups is 1. The maximum Gasteiger partial charge on any atom is 0.387 e. The fraction of sp³-hybridized carbons (Fsp3) is 0.562. The topological polar surface area (TPSA) is 38.3 Å². The summed E-state index contributed by atoms with van der Waals surface area (Å²) < 4.78 is 28.7. The van der Waals surface area contributed by atoms with Crippen LogP contribution in [0.15, 0.2) is 24.3 Å². The van der Waals surface area contributed by atoms with Crippen molar-refractivity contribution in [1.29, 1.82) is 0 Å². The summed E-state index contributed by atoms with van der Waals surface area (Å²) in [7, 11) is 0. The van der Waals surface area contributed by atoms with E-state index in [0.717, 1.165) is 6.42 Å². The molecule has 0 radical (unpaired) electrons. The summed E-state index contributed by atoms with van der Waals surface area (Å²) in [5.41, 5.74) is -0.0260. The Labute approximate surface area is 124 Å². The number of alkyl halides is 2. The molecule has 0 aliphatic carbocycles. The first kappa shape index (κ1) is 17.4. The molecule has 0 aliphatic heterocycles. The fourth-order valence-corrected chi connectivity index (χ4v) is 2.56. The van der Waals surface area contributed by atoms with E-state index in [1.807, 2.05) is 13.8 Å². The predicted octanol–water partition coefficient (Wildman–Crippen LogP) is 4.23. The maximum atomic E-state index is 12.2. The van der Waals surface area contributed by atoms with Crippen LogP contribution in [0.4, 0.5) is 8.78 Å². The van der Waals surface area contributed by atoms with Crippen molar-refractivity contribution in [1.82, 2.24) is 5.32 Å². The van der Waals surface area contributed by atoms with Gasteiger partial charge in [0, 0.05) is 11.1 Å². The molecular weight excluding hydrogens is 276 g/mol. The summed E-state index contributed by atoms with van der Waals surface area (Å²) in [5, 5.41) is 2.93. The Morgan fingerprint density at radius 2 is 1.86 bits per heavy atom.